The predicted molar refractivity (Wildman–Crippen MR) is 92.4 cm³/mol. The third-order valence-electron chi connectivity index (χ3n) is 4.17. The van der Waals surface area contributed by atoms with Gasteiger partial charge in [0, 0.05) is 31.2 Å². The monoisotopic (exact) mass is 318 g/mol. The van der Waals surface area contributed by atoms with Gasteiger partial charge in [0.2, 0.25) is 0 Å². The molecular formula is C16H22N4OS. The summed E-state index contributed by atoms with van der Waals surface area (Å²) in [5.74, 6) is 1.06. The number of hydrogen-bond acceptors (Lipinski definition) is 4. The van der Waals surface area contributed by atoms with E-state index in [1.54, 1.807) is 6.26 Å². The number of anilines is 1. The SMILES string of the molecule is CCc1nc2ccc(C3=CCN([S+](C)[O-])CC3)cn2c1NC. The van der Waals surface area contributed by atoms with Gasteiger partial charge in [-0.2, -0.15) is 0 Å². The molecule has 1 N–H and O–H groups in total. The number of hydrogen-bond donors (Lipinski definition) is 1. The molecule has 2 aromatic heterocycles. The summed E-state index contributed by atoms with van der Waals surface area (Å²) >= 11 is -0.885. The lowest BCUT2D eigenvalue weighted by atomic mass is 10.0. The Labute approximate surface area is 134 Å². The first-order chi connectivity index (χ1) is 10.6. The molecule has 0 saturated carbocycles. The zero-order valence-corrected chi connectivity index (χ0v) is 14.1. The van der Waals surface area contributed by atoms with Crippen molar-refractivity contribution in [3.05, 3.63) is 35.7 Å². The van der Waals surface area contributed by atoms with Gasteiger partial charge in [0.25, 0.3) is 0 Å². The summed E-state index contributed by atoms with van der Waals surface area (Å²) in [6.07, 6.45) is 7.91. The van der Waals surface area contributed by atoms with Gasteiger partial charge in [-0.15, -0.1) is 4.31 Å². The van der Waals surface area contributed by atoms with Crippen LogP contribution in [0.2, 0.25) is 0 Å². The Bertz CT molecular complexity index is 707. The number of pyridine rings is 1. The van der Waals surface area contributed by atoms with Gasteiger partial charge >= 0.3 is 0 Å². The van der Waals surface area contributed by atoms with Crippen molar-refractivity contribution in [2.24, 2.45) is 0 Å². The second-order valence-corrected chi connectivity index (χ2v) is 6.81. The van der Waals surface area contributed by atoms with Crippen LogP contribution in [0.1, 0.15) is 24.6 Å². The van der Waals surface area contributed by atoms with E-state index in [1.807, 2.05) is 11.4 Å². The second-order valence-electron chi connectivity index (χ2n) is 5.45. The van der Waals surface area contributed by atoms with E-state index < -0.39 is 11.4 Å². The van der Waals surface area contributed by atoms with E-state index in [0.717, 1.165) is 43.1 Å². The average molecular weight is 318 g/mol. The van der Waals surface area contributed by atoms with Crippen molar-refractivity contribution in [2.45, 2.75) is 19.8 Å². The van der Waals surface area contributed by atoms with E-state index in [2.05, 4.69) is 46.0 Å². The molecule has 0 aliphatic carbocycles. The van der Waals surface area contributed by atoms with E-state index in [1.165, 1.54) is 11.1 Å². The van der Waals surface area contributed by atoms with Crippen LogP contribution in [-0.2, 0) is 17.8 Å². The van der Waals surface area contributed by atoms with Gasteiger partial charge in [0.1, 0.15) is 17.7 Å². The summed E-state index contributed by atoms with van der Waals surface area (Å²) < 4.78 is 15.6. The Morgan fingerprint density at radius 2 is 2.23 bits per heavy atom. The minimum atomic E-state index is -0.885. The first-order valence-electron chi connectivity index (χ1n) is 7.60. The molecule has 118 valence electrons. The third kappa shape index (κ3) is 2.74. The van der Waals surface area contributed by atoms with Crippen LogP contribution >= 0.6 is 0 Å². The smallest absolute Gasteiger partial charge is 0.138 e. The minimum absolute atomic E-state index is 0.750. The normalized spacial score (nSPS) is 17.5. The molecule has 0 amide bonds. The highest BCUT2D eigenvalue weighted by atomic mass is 32.2. The molecule has 22 heavy (non-hydrogen) atoms. The zero-order valence-electron chi connectivity index (χ0n) is 13.3. The van der Waals surface area contributed by atoms with Crippen molar-refractivity contribution in [1.82, 2.24) is 13.7 Å². The average Bonchev–Trinajstić information content (AvgIpc) is 2.91. The molecule has 1 unspecified atom stereocenters. The number of rotatable bonds is 4. The maximum absolute atomic E-state index is 11.5. The van der Waals surface area contributed by atoms with Crippen LogP contribution in [0.15, 0.2) is 24.4 Å². The Hall–Kier alpha value is -1.50. The maximum Gasteiger partial charge on any atom is 0.138 e. The number of aryl methyl sites for hydroxylation is 1. The summed E-state index contributed by atoms with van der Waals surface area (Å²) in [7, 11) is 1.93. The molecule has 0 spiro atoms. The summed E-state index contributed by atoms with van der Waals surface area (Å²) in [6, 6.07) is 4.20. The molecule has 6 heteroatoms. The van der Waals surface area contributed by atoms with Gasteiger partial charge in [-0.3, -0.25) is 4.40 Å². The molecule has 0 saturated heterocycles. The maximum atomic E-state index is 11.5. The Balaban J connectivity index is 1.95. The van der Waals surface area contributed by atoms with Gasteiger partial charge in [-0.05, 0) is 36.1 Å². The molecule has 0 radical (unpaired) electrons. The lowest BCUT2D eigenvalue weighted by Gasteiger charge is -2.25. The number of fused-ring (bicyclic) bond motifs is 1. The van der Waals surface area contributed by atoms with Crippen molar-refractivity contribution in [1.29, 1.82) is 0 Å². The topological polar surface area (TPSA) is 55.6 Å². The Kier molecular flexibility index (Phi) is 4.42. The fourth-order valence-electron chi connectivity index (χ4n) is 2.94. The van der Waals surface area contributed by atoms with Crippen LogP contribution in [0, 0.1) is 0 Å². The van der Waals surface area contributed by atoms with Gasteiger partial charge < -0.3 is 9.87 Å². The molecule has 3 rings (SSSR count). The molecule has 1 aliphatic heterocycles. The number of nitrogens with one attached hydrogen (secondary N) is 1. The summed E-state index contributed by atoms with van der Waals surface area (Å²) in [5, 5.41) is 3.25. The van der Waals surface area contributed by atoms with Crippen molar-refractivity contribution < 1.29 is 4.55 Å². The summed E-state index contributed by atoms with van der Waals surface area (Å²) in [5.41, 5.74) is 4.59. The summed E-state index contributed by atoms with van der Waals surface area (Å²) in [6.45, 7) is 3.71. The van der Waals surface area contributed by atoms with Crippen molar-refractivity contribution >= 4 is 28.4 Å². The molecule has 0 fully saturated rings. The lowest BCUT2D eigenvalue weighted by Crippen LogP contribution is -2.33. The molecular weight excluding hydrogens is 296 g/mol. The van der Waals surface area contributed by atoms with Crippen LogP contribution in [-0.4, -0.2) is 44.6 Å². The second kappa shape index (κ2) is 6.32. The van der Waals surface area contributed by atoms with E-state index in [0.29, 0.717) is 0 Å². The van der Waals surface area contributed by atoms with Crippen LogP contribution in [0.3, 0.4) is 0 Å². The molecule has 3 heterocycles. The standard InChI is InChI=1S/C16H22N4OS/c1-4-14-16(17-2)20-11-13(5-6-15(20)18-14)12-7-9-19(10-8-12)22(3)21/h5-7,11,17H,4,8-10H2,1-3H3. The van der Waals surface area contributed by atoms with Crippen LogP contribution in [0.5, 0.6) is 0 Å². The number of imidazole rings is 1. The molecule has 1 atom stereocenters. The highest BCUT2D eigenvalue weighted by molar-refractivity contribution is 7.88. The van der Waals surface area contributed by atoms with E-state index in [4.69, 9.17) is 0 Å². The molecule has 0 aromatic carbocycles. The Morgan fingerprint density at radius 1 is 1.41 bits per heavy atom. The van der Waals surface area contributed by atoms with Gasteiger partial charge in [-0.1, -0.05) is 13.0 Å². The highest BCUT2D eigenvalue weighted by Crippen LogP contribution is 2.26. The van der Waals surface area contributed by atoms with Gasteiger partial charge in [-0.25, -0.2) is 4.98 Å². The molecule has 1 aliphatic rings. The van der Waals surface area contributed by atoms with E-state index in [9.17, 15) is 4.55 Å². The fraction of sp³-hybridized carbons (Fsp3) is 0.438. The van der Waals surface area contributed by atoms with Gasteiger partial charge in [0.05, 0.1) is 12.2 Å². The van der Waals surface area contributed by atoms with Crippen LogP contribution < -0.4 is 5.32 Å². The molecule has 0 bridgehead atoms. The molecule has 2 aromatic rings. The van der Waals surface area contributed by atoms with E-state index in [-0.39, 0.29) is 0 Å². The van der Waals surface area contributed by atoms with Crippen molar-refractivity contribution in [2.75, 3.05) is 31.7 Å². The van der Waals surface area contributed by atoms with Gasteiger partial charge in [0.15, 0.2) is 0 Å². The highest BCUT2D eigenvalue weighted by Gasteiger charge is 2.20. The summed E-state index contributed by atoms with van der Waals surface area (Å²) in [4.78, 5) is 4.66. The predicted octanol–water partition coefficient (Wildman–Crippen LogP) is 2.32. The first-order valence-corrected chi connectivity index (χ1v) is 9.12. The van der Waals surface area contributed by atoms with Crippen LogP contribution in [0.25, 0.3) is 11.2 Å². The lowest BCUT2D eigenvalue weighted by molar-refractivity contribution is 0.445. The minimum Gasteiger partial charge on any atom is -0.598 e. The number of aromatic nitrogens is 2. The fourth-order valence-corrected chi connectivity index (χ4v) is 3.57. The zero-order chi connectivity index (χ0) is 15.7. The first kappa shape index (κ1) is 15.4. The molecule has 5 nitrogen and oxygen atoms in total. The quantitative estimate of drug-likeness (QED) is 0.879. The third-order valence-corrected chi connectivity index (χ3v) is 5.23. The number of nitrogens with zero attached hydrogens (tertiary/aromatic N) is 3. The van der Waals surface area contributed by atoms with E-state index >= 15 is 0 Å². The van der Waals surface area contributed by atoms with Crippen molar-refractivity contribution in [3.8, 4) is 0 Å². The Morgan fingerprint density at radius 3 is 2.82 bits per heavy atom. The van der Waals surface area contributed by atoms with Crippen LogP contribution in [0.4, 0.5) is 5.82 Å². The van der Waals surface area contributed by atoms with Crippen molar-refractivity contribution in [3.63, 3.8) is 0 Å². The largest absolute Gasteiger partial charge is 0.598 e.